The first-order valence-corrected chi connectivity index (χ1v) is 8.75. The van der Waals surface area contributed by atoms with E-state index in [0.717, 1.165) is 19.3 Å². The van der Waals surface area contributed by atoms with E-state index in [9.17, 15) is 4.79 Å². The van der Waals surface area contributed by atoms with Gasteiger partial charge in [-0.2, -0.15) is 0 Å². The number of allylic oxidation sites excluding steroid dienone is 3. The van der Waals surface area contributed by atoms with Gasteiger partial charge in [0.25, 0.3) is 0 Å². The van der Waals surface area contributed by atoms with Crippen LogP contribution in [0.25, 0.3) is 11.6 Å². The molecule has 2 aromatic rings. The number of benzene rings is 2. The Morgan fingerprint density at radius 2 is 1.67 bits per heavy atom. The lowest BCUT2D eigenvalue weighted by Crippen LogP contribution is -2.16. The highest BCUT2D eigenvalue weighted by Crippen LogP contribution is 2.33. The van der Waals surface area contributed by atoms with Crippen LogP contribution in [0, 0.1) is 5.92 Å². The number of carbonyl (C=O) groups excluding carboxylic acids is 1. The zero-order valence-corrected chi connectivity index (χ0v) is 14.2. The van der Waals surface area contributed by atoms with Gasteiger partial charge < -0.3 is 0 Å². The SMILES string of the molecule is C/C(=C(/C=C/c1ccccc1)c1ccccc1)[C@@H]1CCCC(=O)C1. The van der Waals surface area contributed by atoms with Crippen molar-refractivity contribution < 1.29 is 4.79 Å². The largest absolute Gasteiger partial charge is 0.300 e. The average molecular weight is 316 g/mol. The summed E-state index contributed by atoms with van der Waals surface area (Å²) in [5.74, 6) is 0.784. The lowest BCUT2D eigenvalue weighted by atomic mass is 9.80. The number of rotatable bonds is 4. The molecule has 24 heavy (non-hydrogen) atoms. The summed E-state index contributed by atoms with van der Waals surface area (Å²) in [7, 11) is 0. The zero-order chi connectivity index (χ0) is 16.8. The molecule has 1 aliphatic rings. The van der Waals surface area contributed by atoms with E-state index in [0.29, 0.717) is 18.1 Å². The number of hydrogen-bond donors (Lipinski definition) is 0. The molecule has 3 rings (SSSR count). The van der Waals surface area contributed by atoms with Crippen LogP contribution in [-0.2, 0) is 4.79 Å². The molecule has 0 radical (unpaired) electrons. The normalized spacial score (nSPS) is 19.4. The van der Waals surface area contributed by atoms with E-state index in [1.54, 1.807) is 0 Å². The topological polar surface area (TPSA) is 17.1 Å². The summed E-state index contributed by atoms with van der Waals surface area (Å²) >= 11 is 0. The van der Waals surface area contributed by atoms with Gasteiger partial charge in [-0.3, -0.25) is 4.79 Å². The minimum atomic E-state index is 0.377. The van der Waals surface area contributed by atoms with Gasteiger partial charge in [0, 0.05) is 12.8 Å². The molecule has 1 heteroatoms. The van der Waals surface area contributed by atoms with Crippen LogP contribution >= 0.6 is 0 Å². The Balaban J connectivity index is 1.97. The van der Waals surface area contributed by atoms with E-state index >= 15 is 0 Å². The molecular weight excluding hydrogens is 292 g/mol. The maximum Gasteiger partial charge on any atom is 0.133 e. The number of ketones is 1. The third-order valence-corrected chi connectivity index (χ3v) is 4.85. The molecule has 0 amide bonds. The zero-order valence-electron chi connectivity index (χ0n) is 14.2. The molecule has 2 aromatic carbocycles. The van der Waals surface area contributed by atoms with Gasteiger partial charge in [-0.25, -0.2) is 0 Å². The van der Waals surface area contributed by atoms with E-state index in [2.05, 4.69) is 67.6 Å². The maximum atomic E-state index is 11.9. The second-order valence-corrected chi connectivity index (χ2v) is 6.54. The highest BCUT2D eigenvalue weighted by atomic mass is 16.1. The molecule has 1 nitrogen and oxygen atoms in total. The summed E-state index contributed by atoms with van der Waals surface area (Å²) < 4.78 is 0. The van der Waals surface area contributed by atoms with Crippen molar-refractivity contribution in [3.8, 4) is 0 Å². The Hall–Kier alpha value is -2.41. The Bertz CT molecular complexity index is 738. The fraction of sp³-hybridized carbons (Fsp3) is 0.261. The molecule has 0 saturated heterocycles. The van der Waals surface area contributed by atoms with Gasteiger partial charge in [0.05, 0.1) is 0 Å². The highest BCUT2D eigenvalue weighted by molar-refractivity contribution is 5.83. The quantitative estimate of drug-likeness (QED) is 0.639. The lowest BCUT2D eigenvalue weighted by Gasteiger charge is -2.24. The second-order valence-electron chi connectivity index (χ2n) is 6.54. The number of hydrogen-bond acceptors (Lipinski definition) is 1. The van der Waals surface area contributed by atoms with Crippen molar-refractivity contribution in [3.63, 3.8) is 0 Å². The fourth-order valence-electron chi connectivity index (χ4n) is 3.43. The number of Topliss-reactive ketones (excluding diaryl/α,β-unsaturated/α-hetero) is 1. The average Bonchev–Trinajstić information content (AvgIpc) is 2.63. The second kappa shape index (κ2) is 7.92. The van der Waals surface area contributed by atoms with Crippen molar-refractivity contribution in [2.24, 2.45) is 5.92 Å². The Morgan fingerprint density at radius 3 is 2.33 bits per heavy atom. The van der Waals surface area contributed by atoms with Gasteiger partial charge in [-0.1, -0.05) is 78.4 Å². The van der Waals surface area contributed by atoms with Crippen LogP contribution in [0.1, 0.15) is 43.7 Å². The molecule has 0 aliphatic heterocycles. The van der Waals surface area contributed by atoms with Crippen molar-refractivity contribution >= 4 is 17.4 Å². The van der Waals surface area contributed by atoms with Crippen LogP contribution in [0.4, 0.5) is 0 Å². The molecule has 0 spiro atoms. The molecule has 1 saturated carbocycles. The van der Waals surface area contributed by atoms with Gasteiger partial charge in [-0.05, 0) is 42.4 Å². The first-order chi connectivity index (χ1) is 11.7. The predicted octanol–water partition coefficient (Wildman–Crippen LogP) is 5.93. The predicted molar refractivity (Wildman–Crippen MR) is 101 cm³/mol. The third kappa shape index (κ3) is 4.11. The van der Waals surface area contributed by atoms with Gasteiger partial charge in [0.15, 0.2) is 0 Å². The monoisotopic (exact) mass is 316 g/mol. The van der Waals surface area contributed by atoms with Crippen LogP contribution in [-0.4, -0.2) is 5.78 Å². The van der Waals surface area contributed by atoms with Crippen LogP contribution in [0.15, 0.2) is 72.3 Å². The van der Waals surface area contributed by atoms with E-state index in [4.69, 9.17) is 0 Å². The van der Waals surface area contributed by atoms with E-state index in [1.165, 1.54) is 22.3 Å². The molecule has 122 valence electrons. The van der Waals surface area contributed by atoms with Crippen LogP contribution < -0.4 is 0 Å². The minimum absolute atomic E-state index is 0.377. The van der Waals surface area contributed by atoms with Crippen LogP contribution in [0.5, 0.6) is 0 Å². The van der Waals surface area contributed by atoms with Gasteiger partial charge >= 0.3 is 0 Å². The Labute approximate surface area is 144 Å². The van der Waals surface area contributed by atoms with Crippen molar-refractivity contribution in [2.75, 3.05) is 0 Å². The maximum absolute atomic E-state index is 11.9. The first kappa shape index (κ1) is 16.4. The molecule has 1 aliphatic carbocycles. The standard InChI is InChI=1S/C23H24O/c1-18(21-13-8-14-22(24)17-21)23(20-11-6-3-7-12-20)16-15-19-9-4-2-5-10-19/h2-7,9-12,15-16,21H,8,13-14,17H2,1H3/b16-15+,23-18+/t21-/m1/s1. The van der Waals surface area contributed by atoms with Crippen LogP contribution in [0.3, 0.4) is 0 Å². The molecule has 0 aromatic heterocycles. The van der Waals surface area contributed by atoms with Crippen molar-refractivity contribution in [1.29, 1.82) is 0 Å². The van der Waals surface area contributed by atoms with Crippen molar-refractivity contribution in [1.82, 2.24) is 0 Å². The number of carbonyl (C=O) groups is 1. The summed E-state index contributed by atoms with van der Waals surface area (Å²) in [5.41, 5.74) is 5.00. The minimum Gasteiger partial charge on any atom is -0.300 e. The van der Waals surface area contributed by atoms with Gasteiger partial charge in [-0.15, -0.1) is 0 Å². The molecule has 0 unspecified atom stereocenters. The molecule has 0 N–H and O–H groups in total. The summed E-state index contributed by atoms with van der Waals surface area (Å²) in [5, 5.41) is 0. The molecule has 0 bridgehead atoms. The van der Waals surface area contributed by atoms with Crippen molar-refractivity contribution in [3.05, 3.63) is 83.4 Å². The van der Waals surface area contributed by atoms with Gasteiger partial charge in [0.2, 0.25) is 0 Å². The molecular formula is C23H24O. The summed E-state index contributed by atoms with van der Waals surface area (Å²) in [6.07, 6.45) is 7.96. The first-order valence-electron chi connectivity index (χ1n) is 8.75. The van der Waals surface area contributed by atoms with E-state index in [1.807, 2.05) is 12.1 Å². The summed E-state index contributed by atoms with van der Waals surface area (Å²) in [6, 6.07) is 20.9. The highest BCUT2D eigenvalue weighted by Gasteiger charge is 2.22. The smallest absolute Gasteiger partial charge is 0.133 e. The molecule has 1 atom stereocenters. The third-order valence-electron chi connectivity index (χ3n) is 4.85. The van der Waals surface area contributed by atoms with E-state index in [-0.39, 0.29) is 0 Å². The summed E-state index contributed by atoms with van der Waals surface area (Å²) in [4.78, 5) is 11.9. The van der Waals surface area contributed by atoms with E-state index < -0.39 is 0 Å². The summed E-state index contributed by atoms with van der Waals surface area (Å²) in [6.45, 7) is 2.20. The Morgan fingerprint density at radius 1 is 1.00 bits per heavy atom. The molecule has 0 heterocycles. The van der Waals surface area contributed by atoms with Crippen LogP contribution in [0.2, 0.25) is 0 Å². The lowest BCUT2D eigenvalue weighted by molar-refractivity contribution is -0.121. The fourth-order valence-corrected chi connectivity index (χ4v) is 3.43. The van der Waals surface area contributed by atoms with Gasteiger partial charge in [0.1, 0.15) is 5.78 Å². The Kier molecular flexibility index (Phi) is 5.43. The van der Waals surface area contributed by atoms with Crippen molar-refractivity contribution in [2.45, 2.75) is 32.6 Å². The molecule has 1 fully saturated rings.